The highest BCUT2D eigenvalue weighted by Crippen LogP contribution is 2.35. The molecule has 11 N–H and O–H groups in total. The number of hydrogen-bond donors (Lipinski definition) is 11. The van der Waals surface area contributed by atoms with Crippen LogP contribution in [0.1, 0.15) is 172 Å². The summed E-state index contributed by atoms with van der Waals surface area (Å²) in [5.41, 5.74) is 1.26. The molecule has 0 bridgehead atoms. The van der Waals surface area contributed by atoms with Crippen LogP contribution in [0.15, 0.2) is 60.7 Å². The molecule has 28 nitrogen and oxygen atoms in total. The van der Waals surface area contributed by atoms with Gasteiger partial charge in [0.2, 0.25) is 76.8 Å². The van der Waals surface area contributed by atoms with Gasteiger partial charge in [-0.05, 0) is 113 Å². The predicted octanol–water partition coefficient (Wildman–Crippen LogP) is 2.27. The molecule has 0 aromatic heterocycles. The molecule has 15 atom stereocenters. The lowest BCUT2D eigenvalue weighted by atomic mass is 9.84. The molecule has 0 spiro atoms. The number of rotatable bonds is 15. The van der Waals surface area contributed by atoms with E-state index in [1.165, 1.54) is 44.7 Å². The van der Waals surface area contributed by atoms with Crippen LogP contribution in [-0.4, -0.2) is 209 Å². The van der Waals surface area contributed by atoms with Crippen molar-refractivity contribution in [2.45, 2.75) is 246 Å². The molecule has 3 fully saturated rings. The third kappa shape index (κ3) is 25.5. The van der Waals surface area contributed by atoms with Crippen molar-refractivity contribution in [3.8, 4) is 0 Å². The zero-order valence-corrected chi connectivity index (χ0v) is 63.6. The average Bonchev–Trinajstić information content (AvgIpc) is 1.64. The molecule has 5 rings (SSSR count). The van der Waals surface area contributed by atoms with Crippen LogP contribution in [0.5, 0.6) is 0 Å². The second kappa shape index (κ2) is 41.0. The van der Waals surface area contributed by atoms with Gasteiger partial charge in [0.25, 0.3) is 0 Å². The van der Waals surface area contributed by atoms with Gasteiger partial charge < -0.3 is 73.0 Å². The van der Waals surface area contributed by atoms with E-state index in [9.17, 15) is 67.4 Å². The first-order valence-corrected chi connectivity index (χ1v) is 37.1. The fourth-order valence-electron chi connectivity index (χ4n) is 13.5. The van der Waals surface area contributed by atoms with E-state index in [0.717, 1.165) is 11.3 Å². The number of carbonyl (C=O) groups excluding carboxylic acids is 14. The number of likely N-dealkylation sites (N-methyl/N-ethyl adjacent to an activating group) is 2. The number of carbonyl (C=O) groups is 14. The Bertz CT molecular complexity index is 3290. The van der Waals surface area contributed by atoms with Crippen molar-refractivity contribution in [2.75, 3.05) is 33.7 Å². The number of nitrogens with one attached hydrogen (secondary N) is 10. The molecule has 2 heterocycles. The molecule has 3 aliphatic rings. The maximum absolute atomic E-state index is 15.1. The molecule has 1 aliphatic carbocycles. The third-order valence-electron chi connectivity index (χ3n) is 19.7. The van der Waals surface area contributed by atoms with Gasteiger partial charge in [-0.1, -0.05) is 143 Å². The number of benzene rings is 2. The molecular weight excluding hydrogens is 1330 g/mol. The monoisotopic (exact) mass is 1450 g/mol. The molecule has 2 aromatic carbocycles. The highest BCUT2D eigenvalue weighted by molar-refractivity contribution is 6.01. The normalized spacial score (nSPS) is 27.7. The standard InChI is InChI=1S/C76H117N13O15/c1-16-46(10)63-73(101)83-57(75(103)89-33-24-19-25-34-89)40-60(91)78-47(11)66(94)77-41-61(92)84-64(49(13)90)76(104)88(15)59(39-51-29-22-18-23-30-51)71(99)80-54(35-42(2)3)65(93)52-31-26-32-53(52)68(96)85-62(45(8)9)72(100)81-55(38-50-27-20-17-21-28-50)69(97)82-56(36-43(4)5)74(102)87(14)58(37-44(6)7)70(98)79-48(12)67(95)86-63/h17-18,20-23,27-30,42-49,52-59,62-64,90H,16,19,24-26,31-41H2,1-15H3,(H,77,94)(H,78,91)(H,79,98)(H,80,99)(H,81,100)(H,82,97)(H,83,101)(H,84,92)(H,85,96)(H,86,95)/t46-,47-,48-,49+,52?,53+,54-,55-,56-,57-,58-,59-,62-,63-,64-/m0/s1. The lowest BCUT2D eigenvalue weighted by Gasteiger charge is -2.34. The highest BCUT2D eigenvalue weighted by atomic mass is 16.3. The van der Waals surface area contributed by atoms with Crippen LogP contribution in [0, 0.1) is 41.4 Å². The second-order valence-corrected chi connectivity index (χ2v) is 30.2. The molecule has 13 amide bonds. The molecule has 0 radical (unpaired) electrons. The first-order valence-electron chi connectivity index (χ1n) is 37.1. The van der Waals surface area contributed by atoms with Gasteiger partial charge in [0.05, 0.1) is 25.1 Å². The van der Waals surface area contributed by atoms with E-state index in [0.29, 0.717) is 49.9 Å². The number of fused-ring (bicyclic) bond motifs is 1. The van der Waals surface area contributed by atoms with E-state index in [4.69, 9.17) is 0 Å². The molecule has 104 heavy (non-hydrogen) atoms. The van der Waals surface area contributed by atoms with Crippen LogP contribution in [0.25, 0.3) is 0 Å². The van der Waals surface area contributed by atoms with Crippen LogP contribution in [0.3, 0.4) is 0 Å². The molecule has 2 aromatic rings. The van der Waals surface area contributed by atoms with E-state index in [-0.39, 0.29) is 62.7 Å². The summed E-state index contributed by atoms with van der Waals surface area (Å²) in [7, 11) is 2.73. The number of amides is 13. The first kappa shape index (κ1) is 85.8. The van der Waals surface area contributed by atoms with Crippen molar-refractivity contribution in [3.63, 3.8) is 0 Å². The Kier molecular flexibility index (Phi) is 33.9. The number of nitrogens with zero attached hydrogens (tertiary/aromatic N) is 3. The van der Waals surface area contributed by atoms with Crippen molar-refractivity contribution >= 4 is 82.6 Å². The van der Waals surface area contributed by atoms with Crippen LogP contribution in [0.2, 0.25) is 0 Å². The lowest BCUT2D eigenvalue weighted by molar-refractivity contribution is -0.145. The number of aliphatic hydroxyl groups excluding tert-OH is 1. The Morgan fingerprint density at radius 1 is 0.471 bits per heavy atom. The largest absolute Gasteiger partial charge is 0.391 e. The Balaban J connectivity index is 1.57. The zero-order chi connectivity index (χ0) is 77.4. The van der Waals surface area contributed by atoms with Crippen molar-refractivity contribution in [1.82, 2.24) is 67.9 Å². The summed E-state index contributed by atoms with van der Waals surface area (Å²) in [5.74, 6) is -14.1. The summed E-state index contributed by atoms with van der Waals surface area (Å²) in [4.78, 5) is 207. The molecular formula is C76H117N13O15. The maximum atomic E-state index is 15.1. The van der Waals surface area contributed by atoms with Gasteiger partial charge in [-0.2, -0.15) is 0 Å². The third-order valence-corrected chi connectivity index (χ3v) is 19.7. The van der Waals surface area contributed by atoms with Crippen LogP contribution in [0.4, 0.5) is 0 Å². The fraction of sp³-hybridized carbons (Fsp3) is 0.658. The summed E-state index contributed by atoms with van der Waals surface area (Å²) in [6, 6.07) is 2.76. The van der Waals surface area contributed by atoms with Crippen LogP contribution >= 0.6 is 0 Å². The molecule has 1 unspecified atom stereocenters. The number of likely N-dealkylation sites (tertiary alicyclic amines) is 1. The van der Waals surface area contributed by atoms with Gasteiger partial charge >= 0.3 is 0 Å². The van der Waals surface area contributed by atoms with E-state index in [1.807, 2.05) is 41.5 Å². The smallest absolute Gasteiger partial charge is 0.248 e. The summed E-state index contributed by atoms with van der Waals surface area (Å²) in [6.07, 6.45) is 1.39. The summed E-state index contributed by atoms with van der Waals surface area (Å²) >= 11 is 0. The molecule has 576 valence electrons. The summed E-state index contributed by atoms with van der Waals surface area (Å²) < 4.78 is 0. The Hall–Kier alpha value is -8.82. The van der Waals surface area contributed by atoms with Gasteiger partial charge in [0, 0.05) is 51.9 Å². The quantitative estimate of drug-likeness (QED) is 0.122. The van der Waals surface area contributed by atoms with Crippen molar-refractivity contribution in [3.05, 3.63) is 71.8 Å². The van der Waals surface area contributed by atoms with Gasteiger partial charge in [0.1, 0.15) is 60.4 Å². The molecule has 1 saturated carbocycles. The second-order valence-electron chi connectivity index (χ2n) is 30.2. The number of piperidine rings is 1. The SMILES string of the molecule is CC[C@H](C)[C@@H]1NC(=O)[C@H](C)NC(=O)[C@H](CC(C)C)N(C)C(=O)[C@H](CC(C)C)NC(=O)[C@H](Cc2ccccc2)NC(=O)[C@H](C(C)C)NC(=O)[C@@H]2CCCC2C(=O)[C@H](CC(C)C)NC(=O)[C@H](Cc2ccccc2)N(C)C(=O)[C@H]([C@@H](C)O)NC(=O)CNC(=O)[C@H](C)NC(=O)C[C@@H](C(=O)N2CCCCC2)NC1=O. The summed E-state index contributed by atoms with van der Waals surface area (Å²) in [5, 5.41) is 38.2. The number of hydrogen-bond acceptors (Lipinski definition) is 15. The van der Waals surface area contributed by atoms with Gasteiger partial charge in [0.15, 0.2) is 5.78 Å². The van der Waals surface area contributed by atoms with Crippen LogP contribution < -0.4 is 53.2 Å². The minimum Gasteiger partial charge on any atom is -0.391 e. The van der Waals surface area contributed by atoms with Crippen molar-refractivity contribution < 1.29 is 72.2 Å². The maximum Gasteiger partial charge on any atom is 0.248 e. The number of ketones is 1. The topological polar surface area (TPSA) is 389 Å². The Morgan fingerprint density at radius 3 is 1.55 bits per heavy atom. The van der Waals surface area contributed by atoms with E-state index in [1.54, 1.807) is 88.4 Å². The molecule has 2 aliphatic heterocycles. The first-order chi connectivity index (χ1) is 49.0. The van der Waals surface area contributed by atoms with E-state index >= 15 is 4.79 Å². The predicted molar refractivity (Wildman–Crippen MR) is 390 cm³/mol. The minimum atomic E-state index is -1.69. The van der Waals surface area contributed by atoms with Gasteiger partial charge in [-0.25, -0.2) is 0 Å². The lowest BCUT2D eigenvalue weighted by Crippen LogP contribution is -2.61. The van der Waals surface area contributed by atoms with E-state index < -0.39 is 192 Å². The van der Waals surface area contributed by atoms with Crippen molar-refractivity contribution in [2.24, 2.45) is 41.4 Å². The average molecular weight is 1450 g/mol. The van der Waals surface area contributed by atoms with Crippen molar-refractivity contribution in [1.29, 1.82) is 0 Å². The zero-order valence-electron chi connectivity index (χ0n) is 63.6. The summed E-state index contributed by atoms with van der Waals surface area (Å²) in [6.45, 7) is 21.8. The van der Waals surface area contributed by atoms with Gasteiger partial charge in [-0.3, -0.25) is 67.1 Å². The van der Waals surface area contributed by atoms with Crippen LogP contribution in [-0.2, 0) is 80.0 Å². The fourth-order valence-corrected chi connectivity index (χ4v) is 13.5. The van der Waals surface area contributed by atoms with Gasteiger partial charge in [-0.15, -0.1) is 0 Å². The number of aliphatic hydroxyl groups is 1. The number of Topliss-reactive ketones (excluding diaryl/α,β-unsaturated/α-hetero) is 1. The van der Waals surface area contributed by atoms with E-state index in [2.05, 4.69) is 53.2 Å². The molecule has 28 heteroatoms. The Labute approximate surface area is 613 Å². The minimum absolute atomic E-state index is 0.0573. The Morgan fingerprint density at radius 2 is 0.981 bits per heavy atom. The highest BCUT2D eigenvalue weighted by Gasteiger charge is 2.45. The molecule has 2 saturated heterocycles.